The van der Waals surface area contributed by atoms with E-state index in [0.717, 1.165) is 24.2 Å². The molecule has 1 aliphatic heterocycles. The number of aryl methyl sites for hydroxylation is 2. The summed E-state index contributed by atoms with van der Waals surface area (Å²) >= 11 is 5.43. The van der Waals surface area contributed by atoms with E-state index in [2.05, 4.69) is 24.3 Å². The zero-order valence-electron chi connectivity index (χ0n) is 15.5. The Morgan fingerprint density at radius 1 is 1.20 bits per heavy atom. The second-order valence-electron chi connectivity index (χ2n) is 6.85. The van der Waals surface area contributed by atoms with Gasteiger partial charge in [-0.15, -0.1) is 0 Å². The first-order valence-electron chi connectivity index (χ1n) is 8.61. The van der Waals surface area contributed by atoms with Crippen molar-refractivity contribution < 1.29 is 13.3 Å². The Balaban J connectivity index is 1.97. The van der Waals surface area contributed by atoms with Crippen molar-refractivity contribution in [3.05, 3.63) is 29.3 Å². The van der Waals surface area contributed by atoms with Gasteiger partial charge < -0.3 is 15.1 Å². The SMILES string of the molecule is Cc1ccc(C)c(S(=O)(=O)N2CCN(C(=S)NCC[NH+](C)C)CC2)c1. The van der Waals surface area contributed by atoms with Crippen molar-refractivity contribution in [3.63, 3.8) is 0 Å². The third-order valence-corrected chi connectivity index (χ3v) is 6.83. The molecule has 1 saturated heterocycles. The lowest BCUT2D eigenvalue weighted by Crippen LogP contribution is -3.06. The monoisotopic (exact) mass is 385 g/mol. The van der Waals surface area contributed by atoms with Crippen LogP contribution in [0, 0.1) is 13.8 Å². The van der Waals surface area contributed by atoms with Crippen molar-refractivity contribution in [2.24, 2.45) is 0 Å². The molecule has 8 heteroatoms. The summed E-state index contributed by atoms with van der Waals surface area (Å²) < 4.78 is 27.4. The van der Waals surface area contributed by atoms with E-state index < -0.39 is 10.0 Å². The number of quaternary nitrogens is 1. The van der Waals surface area contributed by atoms with Crippen molar-refractivity contribution in [1.82, 2.24) is 14.5 Å². The fourth-order valence-electron chi connectivity index (χ4n) is 2.79. The summed E-state index contributed by atoms with van der Waals surface area (Å²) in [7, 11) is 0.745. The summed E-state index contributed by atoms with van der Waals surface area (Å²) in [6.07, 6.45) is 0. The van der Waals surface area contributed by atoms with E-state index in [1.165, 1.54) is 4.90 Å². The molecule has 1 heterocycles. The van der Waals surface area contributed by atoms with Crippen LogP contribution in [0.15, 0.2) is 23.1 Å². The summed E-state index contributed by atoms with van der Waals surface area (Å²) in [4.78, 5) is 3.82. The highest BCUT2D eigenvalue weighted by molar-refractivity contribution is 7.89. The van der Waals surface area contributed by atoms with Crippen LogP contribution in [0.2, 0.25) is 0 Å². The Morgan fingerprint density at radius 2 is 1.84 bits per heavy atom. The summed E-state index contributed by atoms with van der Waals surface area (Å²) in [5, 5.41) is 3.97. The van der Waals surface area contributed by atoms with E-state index in [4.69, 9.17) is 12.2 Å². The minimum absolute atomic E-state index is 0.413. The number of thiocarbonyl (C=S) groups is 1. The lowest BCUT2D eigenvalue weighted by Gasteiger charge is -2.35. The van der Waals surface area contributed by atoms with Crippen LogP contribution in [0.4, 0.5) is 0 Å². The van der Waals surface area contributed by atoms with Crippen molar-refractivity contribution in [2.75, 3.05) is 53.4 Å². The van der Waals surface area contributed by atoms with E-state index in [1.807, 2.05) is 26.0 Å². The van der Waals surface area contributed by atoms with E-state index >= 15 is 0 Å². The van der Waals surface area contributed by atoms with Crippen LogP contribution in [-0.4, -0.2) is 76.1 Å². The van der Waals surface area contributed by atoms with Gasteiger partial charge in [0.15, 0.2) is 5.11 Å². The molecule has 140 valence electrons. The molecule has 0 amide bonds. The molecule has 25 heavy (non-hydrogen) atoms. The number of nitrogens with one attached hydrogen (secondary N) is 2. The highest BCUT2D eigenvalue weighted by atomic mass is 32.2. The lowest BCUT2D eigenvalue weighted by molar-refractivity contribution is -0.856. The molecule has 0 bridgehead atoms. The van der Waals surface area contributed by atoms with Crippen molar-refractivity contribution in [1.29, 1.82) is 0 Å². The van der Waals surface area contributed by atoms with Gasteiger partial charge in [0.2, 0.25) is 10.0 Å². The predicted molar refractivity (Wildman–Crippen MR) is 105 cm³/mol. The van der Waals surface area contributed by atoms with E-state index in [1.54, 1.807) is 10.4 Å². The highest BCUT2D eigenvalue weighted by Crippen LogP contribution is 2.22. The molecule has 0 unspecified atom stereocenters. The normalized spacial score (nSPS) is 16.3. The van der Waals surface area contributed by atoms with Gasteiger partial charge in [-0.05, 0) is 43.3 Å². The number of piperazine rings is 1. The zero-order valence-corrected chi connectivity index (χ0v) is 17.1. The van der Waals surface area contributed by atoms with Gasteiger partial charge >= 0.3 is 0 Å². The van der Waals surface area contributed by atoms with Gasteiger partial charge in [0.1, 0.15) is 0 Å². The third-order valence-electron chi connectivity index (χ3n) is 4.39. The van der Waals surface area contributed by atoms with E-state index in [0.29, 0.717) is 36.2 Å². The van der Waals surface area contributed by atoms with Gasteiger partial charge in [0.05, 0.1) is 32.1 Å². The Hall–Kier alpha value is -1.22. The van der Waals surface area contributed by atoms with Crippen LogP contribution < -0.4 is 10.2 Å². The molecular weight excluding hydrogens is 356 g/mol. The smallest absolute Gasteiger partial charge is 0.243 e. The minimum atomic E-state index is -3.45. The maximum atomic E-state index is 12.9. The summed E-state index contributed by atoms with van der Waals surface area (Å²) in [6.45, 7) is 7.70. The fraction of sp³-hybridized carbons (Fsp3) is 0.588. The van der Waals surface area contributed by atoms with Crippen LogP contribution in [0.3, 0.4) is 0 Å². The Bertz CT molecular complexity index is 711. The molecule has 2 N–H and O–H groups in total. The van der Waals surface area contributed by atoms with Crippen LogP contribution >= 0.6 is 12.2 Å². The molecule has 1 aliphatic rings. The van der Waals surface area contributed by atoms with Gasteiger partial charge in [-0.2, -0.15) is 4.31 Å². The van der Waals surface area contributed by atoms with Gasteiger partial charge in [-0.3, -0.25) is 0 Å². The van der Waals surface area contributed by atoms with Crippen molar-refractivity contribution >= 4 is 27.4 Å². The number of likely N-dealkylation sites (N-methyl/N-ethyl adjacent to an activating group) is 1. The minimum Gasteiger partial charge on any atom is -0.357 e. The molecule has 2 rings (SSSR count). The average molecular weight is 386 g/mol. The number of sulfonamides is 1. The lowest BCUT2D eigenvalue weighted by atomic mass is 10.2. The number of benzene rings is 1. The second kappa shape index (κ2) is 8.44. The molecule has 0 spiro atoms. The van der Waals surface area contributed by atoms with Gasteiger partial charge in [-0.25, -0.2) is 8.42 Å². The summed E-state index contributed by atoms with van der Waals surface area (Å²) in [5.74, 6) is 0. The van der Waals surface area contributed by atoms with Gasteiger partial charge in [0, 0.05) is 26.2 Å². The zero-order chi connectivity index (χ0) is 18.6. The molecule has 1 aromatic rings. The second-order valence-corrected chi connectivity index (χ2v) is 9.14. The summed E-state index contributed by atoms with van der Waals surface area (Å²) in [6, 6.07) is 5.56. The first-order chi connectivity index (χ1) is 11.7. The fourth-order valence-corrected chi connectivity index (χ4v) is 4.80. The molecule has 0 radical (unpaired) electrons. The molecule has 0 aromatic heterocycles. The van der Waals surface area contributed by atoms with Crippen LogP contribution in [-0.2, 0) is 10.0 Å². The quantitative estimate of drug-likeness (QED) is 0.678. The first-order valence-corrected chi connectivity index (χ1v) is 10.5. The van der Waals surface area contributed by atoms with E-state index in [-0.39, 0.29) is 0 Å². The van der Waals surface area contributed by atoms with Gasteiger partial charge in [0.25, 0.3) is 0 Å². The highest BCUT2D eigenvalue weighted by Gasteiger charge is 2.30. The maximum Gasteiger partial charge on any atom is 0.243 e. The molecule has 0 aliphatic carbocycles. The number of nitrogens with zero attached hydrogens (tertiary/aromatic N) is 2. The molecular formula is C17H29N4O2S2+. The van der Waals surface area contributed by atoms with Crippen LogP contribution in [0.25, 0.3) is 0 Å². The largest absolute Gasteiger partial charge is 0.357 e. The third kappa shape index (κ3) is 5.13. The van der Waals surface area contributed by atoms with Crippen LogP contribution in [0.1, 0.15) is 11.1 Å². The predicted octanol–water partition coefficient (Wildman–Crippen LogP) is -0.371. The number of hydrogen-bond acceptors (Lipinski definition) is 3. The molecule has 1 aromatic carbocycles. The Kier molecular flexibility index (Phi) is 6.79. The van der Waals surface area contributed by atoms with Crippen LogP contribution in [0.5, 0.6) is 0 Å². The Labute approximate surface area is 156 Å². The summed E-state index contributed by atoms with van der Waals surface area (Å²) in [5.41, 5.74) is 1.74. The number of rotatable bonds is 5. The molecule has 0 saturated carbocycles. The molecule has 0 atom stereocenters. The topological polar surface area (TPSA) is 57.1 Å². The Morgan fingerprint density at radius 3 is 2.44 bits per heavy atom. The average Bonchev–Trinajstić information content (AvgIpc) is 2.56. The van der Waals surface area contributed by atoms with E-state index in [9.17, 15) is 8.42 Å². The number of hydrogen-bond donors (Lipinski definition) is 2. The van der Waals surface area contributed by atoms with Gasteiger partial charge in [-0.1, -0.05) is 12.1 Å². The maximum absolute atomic E-state index is 12.9. The van der Waals surface area contributed by atoms with Crippen molar-refractivity contribution in [3.8, 4) is 0 Å². The molecule has 1 fully saturated rings. The first kappa shape index (κ1) is 20.1. The standard InChI is InChI=1S/C17H28N4O2S2/c1-14-5-6-15(2)16(13-14)25(22,23)21-11-9-20(10-12-21)17(24)18-7-8-19(3)4/h5-6,13H,7-12H2,1-4H3,(H,18,24)/p+1. The van der Waals surface area contributed by atoms with Crippen molar-refractivity contribution in [2.45, 2.75) is 18.7 Å². The molecule has 6 nitrogen and oxygen atoms in total.